The normalized spacial score (nSPS) is 19.3. The minimum Gasteiger partial charge on any atom is -0.508 e. The van der Waals surface area contributed by atoms with E-state index in [1.54, 1.807) is 24.3 Å². The SMILES string of the molecule is Oc1ccccc1CC1=CC(O)C=CC=C1. The van der Waals surface area contributed by atoms with Crippen molar-refractivity contribution in [2.24, 2.45) is 0 Å². The molecular weight excluding hydrogens is 200 g/mol. The van der Waals surface area contributed by atoms with Crippen molar-refractivity contribution in [1.29, 1.82) is 0 Å². The molecule has 16 heavy (non-hydrogen) atoms. The first-order valence-corrected chi connectivity index (χ1v) is 5.26. The van der Waals surface area contributed by atoms with Crippen molar-refractivity contribution in [1.82, 2.24) is 0 Å². The van der Waals surface area contributed by atoms with Gasteiger partial charge in [-0.3, -0.25) is 0 Å². The first kappa shape index (κ1) is 10.7. The molecule has 2 heteroatoms. The smallest absolute Gasteiger partial charge is 0.119 e. The number of hydrogen-bond donors (Lipinski definition) is 2. The summed E-state index contributed by atoms with van der Waals surface area (Å²) in [6, 6.07) is 7.25. The van der Waals surface area contributed by atoms with Crippen LogP contribution in [-0.4, -0.2) is 16.3 Å². The second-order valence-electron chi connectivity index (χ2n) is 3.78. The molecule has 1 aromatic carbocycles. The fourth-order valence-corrected chi connectivity index (χ4v) is 1.69. The van der Waals surface area contributed by atoms with E-state index >= 15 is 0 Å². The lowest BCUT2D eigenvalue weighted by Gasteiger charge is -2.06. The van der Waals surface area contributed by atoms with Crippen molar-refractivity contribution in [3.63, 3.8) is 0 Å². The zero-order valence-electron chi connectivity index (χ0n) is 8.88. The molecule has 1 aliphatic rings. The zero-order chi connectivity index (χ0) is 11.4. The van der Waals surface area contributed by atoms with Crippen LogP contribution in [0.2, 0.25) is 0 Å². The average Bonchev–Trinajstić information content (AvgIpc) is 2.46. The van der Waals surface area contributed by atoms with Gasteiger partial charge in [-0.1, -0.05) is 42.5 Å². The number of para-hydroxylation sites is 1. The van der Waals surface area contributed by atoms with E-state index in [2.05, 4.69) is 0 Å². The van der Waals surface area contributed by atoms with Gasteiger partial charge in [-0.05, 0) is 23.3 Å². The van der Waals surface area contributed by atoms with Crippen molar-refractivity contribution in [2.45, 2.75) is 12.5 Å². The lowest BCUT2D eigenvalue weighted by Crippen LogP contribution is -1.98. The summed E-state index contributed by atoms with van der Waals surface area (Å²) in [7, 11) is 0. The Kier molecular flexibility index (Phi) is 3.22. The van der Waals surface area contributed by atoms with E-state index in [9.17, 15) is 10.2 Å². The Morgan fingerprint density at radius 1 is 1.12 bits per heavy atom. The Morgan fingerprint density at radius 2 is 1.94 bits per heavy atom. The molecule has 0 aromatic heterocycles. The molecule has 1 aromatic rings. The molecule has 0 heterocycles. The first-order valence-electron chi connectivity index (χ1n) is 5.26. The molecule has 0 fully saturated rings. The van der Waals surface area contributed by atoms with Crippen molar-refractivity contribution in [2.75, 3.05) is 0 Å². The summed E-state index contributed by atoms with van der Waals surface area (Å²) in [5.74, 6) is 0.295. The lowest BCUT2D eigenvalue weighted by atomic mass is 10.0. The average molecular weight is 214 g/mol. The van der Waals surface area contributed by atoms with Gasteiger partial charge in [0.25, 0.3) is 0 Å². The number of phenolic OH excluding ortho intramolecular Hbond substituents is 1. The Morgan fingerprint density at radius 3 is 2.75 bits per heavy atom. The van der Waals surface area contributed by atoms with Gasteiger partial charge in [0.1, 0.15) is 5.75 Å². The van der Waals surface area contributed by atoms with Crippen molar-refractivity contribution in [3.05, 3.63) is 65.8 Å². The molecule has 0 bridgehead atoms. The predicted octanol–water partition coefficient (Wildman–Crippen LogP) is 2.35. The van der Waals surface area contributed by atoms with E-state index in [-0.39, 0.29) is 0 Å². The van der Waals surface area contributed by atoms with E-state index in [1.807, 2.05) is 30.4 Å². The molecule has 82 valence electrons. The fourth-order valence-electron chi connectivity index (χ4n) is 1.69. The number of rotatable bonds is 2. The Hall–Kier alpha value is -1.80. The molecule has 1 aliphatic carbocycles. The monoisotopic (exact) mass is 214 g/mol. The zero-order valence-corrected chi connectivity index (χ0v) is 8.88. The van der Waals surface area contributed by atoms with E-state index in [0.29, 0.717) is 12.2 Å². The van der Waals surface area contributed by atoms with Gasteiger partial charge in [-0.2, -0.15) is 0 Å². The summed E-state index contributed by atoms with van der Waals surface area (Å²) < 4.78 is 0. The molecule has 2 nitrogen and oxygen atoms in total. The van der Waals surface area contributed by atoms with E-state index < -0.39 is 6.10 Å². The third-order valence-corrected chi connectivity index (χ3v) is 2.50. The van der Waals surface area contributed by atoms with Gasteiger partial charge in [0, 0.05) is 6.42 Å². The van der Waals surface area contributed by atoms with E-state index in [0.717, 1.165) is 11.1 Å². The van der Waals surface area contributed by atoms with Gasteiger partial charge >= 0.3 is 0 Å². The van der Waals surface area contributed by atoms with Gasteiger partial charge in [0.05, 0.1) is 6.10 Å². The summed E-state index contributed by atoms with van der Waals surface area (Å²) in [6.07, 6.45) is 9.24. The van der Waals surface area contributed by atoms with Crippen LogP contribution >= 0.6 is 0 Å². The highest BCUT2D eigenvalue weighted by Crippen LogP contribution is 2.20. The third kappa shape index (κ3) is 2.61. The highest BCUT2D eigenvalue weighted by atomic mass is 16.3. The number of allylic oxidation sites excluding steroid dienone is 4. The quantitative estimate of drug-likeness (QED) is 0.793. The third-order valence-electron chi connectivity index (χ3n) is 2.50. The van der Waals surface area contributed by atoms with Crippen LogP contribution in [0.1, 0.15) is 5.56 Å². The van der Waals surface area contributed by atoms with Crippen LogP contribution in [0.3, 0.4) is 0 Å². The van der Waals surface area contributed by atoms with Crippen LogP contribution in [0, 0.1) is 0 Å². The van der Waals surface area contributed by atoms with Crippen molar-refractivity contribution >= 4 is 0 Å². The molecule has 2 rings (SSSR count). The summed E-state index contributed by atoms with van der Waals surface area (Å²) in [5, 5.41) is 19.2. The molecule has 0 aliphatic heterocycles. The van der Waals surface area contributed by atoms with Crippen molar-refractivity contribution in [3.8, 4) is 5.75 Å². The van der Waals surface area contributed by atoms with Crippen LogP contribution in [0.4, 0.5) is 0 Å². The minimum absolute atomic E-state index is 0.295. The number of aliphatic hydroxyl groups is 1. The van der Waals surface area contributed by atoms with Gasteiger partial charge in [-0.15, -0.1) is 0 Å². The summed E-state index contributed by atoms with van der Waals surface area (Å²) in [5.41, 5.74) is 1.87. The number of benzene rings is 1. The minimum atomic E-state index is -0.546. The molecule has 0 saturated heterocycles. The topological polar surface area (TPSA) is 40.5 Å². The maximum Gasteiger partial charge on any atom is 0.119 e. The summed E-state index contributed by atoms with van der Waals surface area (Å²) in [6.45, 7) is 0. The number of aromatic hydroxyl groups is 1. The van der Waals surface area contributed by atoms with Gasteiger partial charge in [0.2, 0.25) is 0 Å². The number of phenols is 1. The molecule has 0 saturated carbocycles. The van der Waals surface area contributed by atoms with Crippen LogP contribution in [0.15, 0.2) is 60.2 Å². The molecule has 1 atom stereocenters. The highest BCUT2D eigenvalue weighted by Gasteiger charge is 2.04. The summed E-state index contributed by atoms with van der Waals surface area (Å²) in [4.78, 5) is 0. The summed E-state index contributed by atoms with van der Waals surface area (Å²) >= 11 is 0. The van der Waals surface area contributed by atoms with Crippen molar-refractivity contribution < 1.29 is 10.2 Å². The maximum atomic E-state index is 9.65. The Bertz CT molecular complexity index is 456. The first-order chi connectivity index (χ1) is 7.75. The predicted molar refractivity (Wildman–Crippen MR) is 64.2 cm³/mol. The molecule has 0 radical (unpaired) electrons. The lowest BCUT2D eigenvalue weighted by molar-refractivity contribution is 0.271. The number of aliphatic hydroxyl groups excluding tert-OH is 1. The van der Waals surface area contributed by atoms with E-state index in [4.69, 9.17) is 0 Å². The van der Waals surface area contributed by atoms with Crippen LogP contribution < -0.4 is 0 Å². The Balaban J connectivity index is 2.19. The van der Waals surface area contributed by atoms with Gasteiger partial charge in [0.15, 0.2) is 0 Å². The van der Waals surface area contributed by atoms with E-state index in [1.165, 1.54) is 0 Å². The highest BCUT2D eigenvalue weighted by molar-refractivity contribution is 5.39. The Labute approximate surface area is 94.9 Å². The molecular formula is C14H14O2. The second-order valence-corrected chi connectivity index (χ2v) is 3.78. The maximum absolute atomic E-state index is 9.65. The molecule has 0 spiro atoms. The van der Waals surface area contributed by atoms with Crippen LogP contribution in [0.25, 0.3) is 0 Å². The molecule has 0 amide bonds. The second kappa shape index (κ2) is 4.81. The standard InChI is InChI=1S/C14H14O2/c15-13-7-3-1-5-11(10-13)9-12-6-2-4-8-14(12)16/h1-8,10,13,15-16H,9H2. The van der Waals surface area contributed by atoms with Gasteiger partial charge < -0.3 is 10.2 Å². The molecule has 1 unspecified atom stereocenters. The fraction of sp³-hybridized carbons (Fsp3) is 0.143. The number of hydrogen-bond acceptors (Lipinski definition) is 2. The largest absolute Gasteiger partial charge is 0.508 e. The van der Waals surface area contributed by atoms with Crippen LogP contribution in [-0.2, 0) is 6.42 Å². The molecule has 2 N–H and O–H groups in total. The van der Waals surface area contributed by atoms with Crippen LogP contribution in [0.5, 0.6) is 5.75 Å². The van der Waals surface area contributed by atoms with Gasteiger partial charge in [-0.25, -0.2) is 0 Å².